The maximum atomic E-state index is 12.4. The van der Waals surface area contributed by atoms with Crippen LogP contribution in [-0.2, 0) is 4.79 Å². The molecule has 1 fully saturated rings. The number of nitrogens with one attached hydrogen (secondary N) is 1. The average molecular weight is 337 g/mol. The number of aliphatic carboxylic acids is 1. The zero-order chi connectivity index (χ0) is 17.0. The van der Waals surface area contributed by atoms with Gasteiger partial charge in [-0.25, -0.2) is 4.79 Å². The van der Waals surface area contributed by atoms with Crippen molar-refractivity contribution in [2.45, 2.75) is 37.9 Å². The zero-order valence-electron chi connectivity index (χ0n) is 13.8. The van der Waals surface area contributed by atoms with Gasteiger partial charge in [0.1, 0.15) is 5.75 Å². The summed E-state index contributed by atoms with van der Waals surface area (Å²) in [6.45, 7) is 3.93. The standard InChI is InChI=1S/C17H23NO4S/c1-11-7-13(8-12(2)15(11)22-9-14(19)20)16(21)18-10-17(23-3)5-4-6-17/h7-8H,4-6,9-10H2,1-3H3,(H,18,21)(H,19,20). The lowest BCUT2D eigenvalue weighted by atomic mass is 9.84. The van der Waals surface area contributed by atoms with Crippen molar-refractivity contribution in [3.63, 3.8) is 0 Å². The van der Waals surface area contributed by atoms with E-state index in [4.69, 9.17) is 9.84 Å². The minimum absolute atomic E-state index is 0.0960. The average Bonchev–Trinajstić information content (AvgIpc) is 2.45. The minimum Gasteiger partial charge on any atom is -0.481 e. The predicted octanol–water partition coefficient (Wildman–Crippen LogP) is 2.78. The molecule has 1 saturated carbocycles. The lowest BCUT2D eigenvalue weighted by Crippen LogP contribution is -2.45. The molecule has 2 rings (SSSR count). The van der Waals surface area contributed by atoms with Crippen molar-refractivity contribution in [3.8, 4) is 5.75 Å². The number of carbonyl (C=O) groups is 2. The number of carbonyl (C=O) groups excluding carboxylic acids is 1. The molecule has 5 nitrogen and oxygen atoms in total. The van der Waals surface area contributed by atoms with Crippen molar-refractivity contribution in [1.29, 1.82) is 0 Å². The Bertz CT molecular complexity index is 582. The Balaban J connectivity index is 2.04. The Hall–Kier alpha value is -1.69. The maximum absolute atomic E-state index is 12.4. The van der Waals surface area contributed by atoms with Gasteiger partial charge in [-0.1, -0.05) is 6.42 Å². The van der Waals surface area contributed by atoms with Crippen LogP contribution in [0.4, 0.5) is 0 Å². The van der Waals surface area contributed by atoms with Crippen LogP contribution in [-0.4, -0.2) is 41.1 Å². The highest BCUT2D eigenvalue weighted by Crippen LogP contribution is 2.42. The highest BCUT2D eigenvalue weighted by atomic mass is 32.2. The van der Waals surface area contributed by atoms with E-state index in [9.17, 15) is 9.59 Å². The van der Waals surface area contributed by atoms with E-state index in [-0.39, 0.29) is 17.3 Å². The van der Waals surface area contributed by atoms with E-state index < -0.39 is 5.97 Å². The summed E-state index contributed by atoms with van der Waals surface area (Å²) in [5, 5.41) is 11.7. The Labute approximate surface area is 140 Å². The van der Waals surface area contributed by atoms with Crippen molar-refractivity contribution in [1.82, 2.24) is 5.32 Å². The number of carboxylic acids is 1. The molecule has 0 saturated heterocycles. The Kier molecular flexibility index (Phi) is 5.57. The molecule has 0 bridgehead atoms. The van der Waals surface area contributed by atoms with E-state index in [0.717, 1.165) is 24.0 Å². The van der Waals surface area contributed by atoms with Gasteiger partial charge in [0.25, 0.3) is 5.91 Å². The number of aryl methyl sites for hydroxylation is 2. The van der Waals surface area contributed by atoms with Crippen LogP contribution in [0.1, 0.15) is 40.7 Å². The fourth-order valence-electron chi connectivity index (χ4n) is 2.81. The quantitative estimate of drug-likeness (QED) is 0.800. The molecule has 1 amide bonds. The van der Waals surface area contributed by atoms with Gasteiger partial charge < -0.3 is 15.2 Å². The van der Waals surface area contributed by atoms with Crippen LogP contribution < -0.4 is 10.1 Å². The van der Waals surface area contributed by atoms with Gasteiger partial charge in [0.15, 0.2) is 6.61 Å². The van der Waals surface area contributed by atoms with Gasteiger partial charge >= 0.3 is 5.97 Å². The second kappa shape index (κ2) is 7.25. The number of hydrogen-bond acceptors (Lipinski definition) is 4. The third-order valence-corrected chi connectivity index (χ3v) is 5.75. The fourth-order valence-corrected chi connectivity index (χ4v) is 3.72. The largest absolute Gasteiger partial charge is 0.481 e. The van der Waals surface area contributed by atoms with E-state index in [2.05, 4.69) is 11.6 Å². The topological polar surface area (TPSA) is 75.6 Å². The van der Waals surface area contributed by atoms with E-state index >= 15 is 0 Å². The smallest absolute Gasteiger partial charge is 0.341 e. The van der Waals surface area contributed by atoms with Crippen LogP contribution in [0, 0.1) is 13.8 Å². The summed E-state index contributed by atoms with van der Waals surface area (Å²) in [7, 11) is 0. The lowest BCUT2D eigenvalue weighted by Gasteiger charge is -2.40. The van der Waals surface area contributed by atoms with E-state index in [1.165, 1.54) is 6.42 Å². The maximum Gasteiger partial charge on any atom is 0.341 e. The molecule has 0 aliphatic heterocycles. The molecule has 1 aliphatic rings. The normalized spacial score (nSPS) is 15.6. The third-order valence-electron chi connectivity index (χ3n) is 4.33. The van der Waals surface area contributed by atoms with Crippen LogP contribution in [0.3, 0.4) is 0 Å². The van der Waals surface area contributed by atoms with Gasteiger partial charge in [-0.15, -0.1) is 0 Å². The van der Waals surface area contributed by atoms with Crippen molar-refractivity contribution < 1.29 is 19.4 Å². The number of thioether (sulfide) groups is 1. The predicted molar refractivity (Wildman–Crippen MR) is 91.5 cm³/mol. The first-order valence-corrected chi connectivity index (χ1v) is 8.88. The van der Waals surface area contributed by atoms with Gasteiger partial charge in [-0.2, -0.15) is 11.8 Å². The summed E-state index contributed by atoms with van der Waals surface area (Å²) < 4.78 is 5.49. The van der Waals surface area contributed by atoms with Crippen molar-refractivity contribution in [2.24, 2.45) is 0 Å². The number of rotatable bonds is 7. The minimum atomic E-state index is -1.02. The van der Waals surface area contributed by atoms with Gasteiger partial charge in [0, 0.05) is 16.9 Å². The summed E-state index contributed by atoms with van der Waals surface area (Å²) in [6, 6.07) is 3.48. The molecule has 2 N–H and O–H groups in total. The summed E-state index contributed by atoms with van der Waals surface area (Å²) in [5.74, 6) is -0.585. The first kappa shape index (κ1) is 17.7. The summed E-state index contributed by atoms with van der Waals surface area (Å²) in [5.41, 5.74) is 2.11. The van der Waals surface area contributed by atoms with Crippen molar-refractivity contribution in [2.75, 3.05) is 19.4 Å². The fraction of sp³-hybridized carbons (Fsp3) is 0.529. The molecule has 6 heteroatoms. The third kappa shape index (κ3) is 4.19. The number of ether oxygens (including phenoxy) is 1. The lowest BCUT2D eigenvalue weighted by molar-refractivity contribution is -0.139. The first-order valence-electron chi connectivity index (χ1n) is 7.66. The van der Waals surface area contributed by atoms with E-state index in [1.54, 1.807) is 12.1 Å². The zero-order valence-corrected chi connectivity index (χ0v) is 14.6. The number of carboxylic acid groups (broad SMARTS) is 1. The number of hydrogen-bond donors (Lipinski definition) is 2. The molecule has 23 heavy (non-hydrogen) atoms. The van der Waals surface area contributed by atoms with Crippen LogP contribution in [0.25, 0.3) is 0 Å². The molecular formula is C17H23NO4S. The van der Waals surface area contributed by atoms with Gasteiger partial charge in [-0.3, -0.25) is 4.79 Å². The molecule has 1 aromatic carbocycles. The van der Waals surface area contributed by atoms with Gasteiger partial charge in [0.05, 0.1) is 0 Å². The van der Waals surface area contributed by atoms with Crippen LogP contribution in [0.5, 0.6) is 5.75 Å². The molecule has 0 heterocycles. The molecule has 0 atom stereocenters. The Morgan fingerprint density at radius 2 is 1.91 bits per heavy atom. The second-order valence-electron chi connectivity index (χ2n) is 6.04. The Morgan fingerprint density at radius 1 is 1.30 bits per heavy atom. The SMILES string of the molecule is CSC1(CNC(=O)c2cc(C)c(OCC(=O)O)c(C)c2)CCC1. The van der Waals surface area contributed by atoms with Gasteiger partial charge in [0.2, 0.25) is 0 Å². The van der Waals surface area contributed by atoms with Crippen LogP contribution in [0.2, 0.25) is 0 Å². The highest BCUT2D eigenvalue weighted by Gasteiger charge is 2.36. The van der Waals surface area contributed by atoms with Gasteiger partial charge in [-0.05, 0) is 56.2 Å². The summed E-state index contributed by atoms with van der Waals surface area (Å²) >= 11 is 1.82. The van der Waals surface area contributed by atoms with E-state index in [1.807, 2.05) is 25.6 Å². The molecule has 126 valence electrons. The number of benzene rings is 1. The molecule has 0 unspecified atom stereocenters. The molecule has 0 aromatic heterocycles. The van der Waals surface area contributed by atoms with Crippen LogP contribution in [0.15, 0.2) is 12.1 Å². The van der Waals surface area contributed by atoms with Crippen LogP contribution >= 0.6 is 11.8 Å². The Morgan fingerprint density at radius 3 is 2.35 bits per heavy atom. The highest BCUT2D eigenvalue weighted by molar-refractivity contribution is 8.00. The molecule has 0 radical (unpaired) electrons. The molecular weight excluding hydrogens is 314 g/mol. The first-order chi connectivity index (χ1) is 10.9. The number of amides is 1. The van der Waals surface area contributed by atoms with E-state index in [0.29, 0.717) is 17.9 Å². The second-order valence-corrected chi connectivity index (χ2v) is 7.32. The summed E-state index contributed by atoms with van der Waals surface area (Å²) in [6.07, 6.45) is 5.61. The monoisotopic (exact) mass is 337 g/mol. The van der Waals surface area contributed by atoms with Crippen molar-refractivity contribution in [3.05, 3.63) is 28.8 Å². The molecule has 1 aromatic rings. The molecule has 0 spiro atoms. The summed E-state index contributed by atoms with van der Waals surface area (Å²) in [4.78, 5) is 23.0. The molecule has 1 aliphatic carbocycles. The van der Waals surface area contributed by atoms with Crippen molar-refractivity contribution >= 4 is 23.6 Å².